The Bertz CT molecular complexity index is 369. The van der Waals surface area contributed by atoms with Crippen LogP contribution in [0, 0.1) is 5.92 Å². The maximum absolute atomic E-state index is 3.46. The molecule has 1 aliphatic rings. The van der Waals surface area contributed by atoms with E-state index in [0.717, 1.165) is 19.0 Å². The van der Waals surface area contributed by atoms with Crippen LogP contribution in [0.4, 0.5) is 0 Å². The Hall–Kier alpha value is -0.860. The van der Waals surface area contributed by atoms with Crippen molar-refractivity contribution in [3.05, 3.63) is 35.4 Å². The molecule has 106 valence electrons. The molecule has 1 saturated heterocycles. The van der Waals surface area contributed by atoms with Gasteiger partial charge in [0.1, 0.15) is 0 Å². The molecule has 1 unspecified atom stereocenters. The lowest BCUT2D eigenvalue weighted by atomic mass is 10.1. The molecule has 0 aromatic heterocycles. The summed E-state index contributed by atoms with van der Waals surface area (Å²) in [6.07, 6.45) is 2.71. The second kappa shape index (κ2) is 7.06. The second-order valence-electron chi connectivity index (χ2n) is 6.15. The van der Waals surface area contributed by atoms with Gasteiger partial charge in [-0.05, 0) is 30.0 Å². The highest BCUT2D eigenvalue weighted by Gasteiger charge is 2.20. The Morgan fingerprint density at radius 3 is 2.47 bits per heavy atom. The van der Waals surface area contributed by atoms with E-state index in [1.54, 1.807) is 0 Å². The monoisotopic (exact) mass is 260 g/mol. The SMILES string of the molecule is CCC1CCN(Cc2ccc(CNC(C)C)cc2)C1. The molecule has 2 rings (SSSR count). The highest BCUT2D eigenvalue weighted by Crippen LogP contribution is 2.21. The normalized spacial score (nSPS) is 20.3. The van der Waals surface area contributed by atoms with Crippen molar-refractivity contribution in [2.24, 2.45) is 5.92 Å². The molecule has 1 heterocycles. The summed E-state index contributed by atoms with van der Waals surface area (Å²) in [7, 11) is 0. The summed E-state index contributed by atoms with van der Waals surface area (Å²) in [5.41, 5.74) is 2.83. The van der Waals surface area contributed by atoms with Gasteiger partial charge in [-0.15, -0.1) is 0 Å². The van der Waals surface area contributed by atoms with Gasteiger partial charge in [0.25, 0.3) is 0 Å². The molecule has 2 heteroatoms. The van der Waals surface area contributed by atoms with E-state index in [4.69, 9.17) is 0 Å². The predicted molar refractivity (Wildman–Crippen MR) is 82.1 cm³/mol. The van der Waals surface area contributed by atoms with Crippen LogP contribution in [-0.4, -0.2) is 24.0 Å². The average molecular weight is 260 g/mol. The summed E-state index contributed by atoms with van der Waals surface area (Å²) in [5.74, 6) is 0.925. The Kier molecular flexibility index (Phi) is 5.41. The van der Waals surface area contributed by atoms with Gasteiger partial charge in [0.2, 0.25) is 0 Å². The number of nitrogens with zero attached hydrogens (tertiary/aromatic N) is 1. The molecule has 0 radical (unpaired) electrons. The van der Waals surface area contributed by atoms with E-state index in [0.29, 0.717) is 6.04 Å². The van der Waals surface area contributed by atoms with Gasteiger partial charge in [-0.3, -0.25) is 4.90 Å². The van der Waals surface area contributed by atoms with Gasteiger partial charge in [-0.1, -0.05) is 51.5 Å². The molecule has 1 fully saturated rings. The van der Waals surface area contributed by atoms with Crippen molar-refractivity contribution in [2.45, 2.75) is 52.7 Å². The number of rotatable bonds is 6. The lowest BCUT2D eigenvalue weighted by Crippen LogP contribution is -2.22. The van der Waals surface area contributed by atoms with Crippen molar-refractivity contribution in [1.82, 2.24) is 10.2 Å². The lowest BCUT2D eigenvalue weighted by Gasteiger charge is -2.16. The van der Waals surface area contributed by atoms with Gasteiger partial charge in [-0.25, -0.2) is 0 Å². The van der Waals surface area contributed by atoms with Gasteiger partial charge in [0.15, 0.2) is 0 Å². The fraction of sp³-hybridized carbons (Fsp3) is 0.647. The number of nitrogens with one attached hydrogen (secondary N) is 1. The highest BCUT2D eigenvalue weighted by atomic mass is 15.1. The van der Waals surface area contributed by atoms with Crippen LogP contribution >= 0.6 is 0 Å². The quantitative estimate of drug-likeness (QED) is 0.843. The van der Waals surface area contributed by atoms with E-state index in [9.17, 15) is 0 Å². The van der Waals surface area contributed by atoms with E-state index in [1.165, 1.54) is 37.1 Å². The van der Waals surface area contributed by atoms with E-state index >= 15 is 0 Å². The molecule has 1 atom stereocenters. The van der Waals surface area contributed by atoms with Crippen molar-refractivity contribution >= 4 is 0 Å². The van der Waals surface area contributed by atoms with Crippen molar-refractivity contribution < 1.29 is 0 Å². The molecule has 1 N–H and O–H groups in total. The first-order valence-electron chi connectivity index (χ1n) is 7.71. The lowest BCUT2D eigenvalue weighted by molar-refractivity contribution is 0.315. The fourth-order valence-corrected chi connectivity index (χ4v) is 2.73. The summed E-state index contributed by atoms with van der Waals surface area (Å²) in [6.45, 7) is 11.3. The Morgan fingerprint density at radius 2 is 1.89 bits per heavy atom. The van der Waals surface area contributed by atoms with Crippen LogP contribution in [0.15, 0.2) is 24.3 Å². The Morgan fingerprint density at radius 1 is 1.21 bits per heavy atom. The molecule has 1 aromatic rings. The first-order chi connectivity index (χ1) is 9.17. The van der Waals surface area contributed by atoms with Crippen molar-refractivity contribution in [2.75, 3.05) is 13.1 Å². The van der Waals surface area contributed by atoms with Gasteiger partial charge >= 0.3 is 0 Å². The second-order valence-corrected chi connectivity index (χ2v) is 6.15. The van der Waals surface area contributed by atoms with Crippen molar-refractivity contribution in [3.63, 3.8) is 0 Å². The average Bonchev–Trinajstić information content (AvgIpc) is 2.85. The van der Waals surface area contributed by atoms with E-state index < -0.39 is 0 Å². The zero-order chi connectivity index (χ0) is 13.7. The van der Waals surface area contributed by atoms with Crippen LogP contribution in [0.1, 0.15) is 44.7 Å². The molecule has 19 heavy (non-hydrogen) atoms. The molecule has 0 aliphatic carbocycles. The molecular weight excluding hydrogens is 232 g/mol. The molecule has 2 nitrogen and oxygen atoms in total. The molecule has 0 bridgehead atoms. The number of likely N-dealkylation sites (tertiary alicyclic amines) is 1. The van der Waals surface area contributed by atoms with Crippen molar-refractivity contribution in [3.8, 4) is 0 Å². The van der Waals surface area contributed by atoms with Gasteiger partial charge in [-0.2, -0.15) is 0 Å². The molecule has 1 aliphatic heterocycles. The highest BCUT2D eigenvalue weighted by molar-refractivity contribution is 5.22. The van der Waals surface area contributed by atoms with Crippen LogP contribution in [0.25, 0.3) is 0 Å². The zero-order valence-corrected chi connectivity index (χ0v) is 12.7. The maximum Gasteiger partial charge on any atom is 0.0233 e. The standard InChI is InChI=1S/C17H28N2/c1-4-15-9-10-19(12-15)13-17-7-5-16(6-8-17)11-18-14(2)3/h5-8,14-15,18H,4,9-13H2,1-3H3. The van der Waals surface area contributed by atoms with E-state index in [2.05, 4.69) is 55.3 Å². The number of hydrogen-bond donors (Lipinski definition) is 1. The van der Waals surface area contributed by atoms with Crippen LogP contribution in [0.5, 0.6) is 0 Å². The minimum absolute atomic E-state index is 0.551. The topological polar surface area (TPSA) is 15.3 Å². The van der Waals surface area contributed by atoms with Crippen LogP contribution in [0.3, 0.4) is 0 Å². The molecule has 0 amide bonds. The van der Waals surface area contributed by atoms with E-state index in [-0.39, 0.29) is 0 Å². The predicted octanol–water partition coefficient (Wildman–Crippen LogP) is 3.42. The smallest absolute Gasteiger partial charge is 0.0233 e. The van der Waals surface area contributed by atoms with Gasteiger partial charge in [0.05, 0.1) is 0 Å². The van der Waals surface area contributed by atoms with Crippen LogP contribution in [0.2, 0.25) is 0 Å². The van der Waals surface area contributed by atoms with Gasteiger partial charge in [0, 0.05) is 25.7 Å². The Balaban J connectivity index is 1.82. The van der Waals surface area contributed by atoms with E-state index in [1.807, 2.05) is 0 Å². The minimum Gasteiger partial charge on any atom is -0.310 e. The Labute approximate surface area is 118 Å². The summed E-state index contributed by atoms with van der Waals surface area (Å²) >= 11 is 0. The third-order valence-electron chi connectivity index (χ3n) is 4.09. The first-order valence-corrected chi connectivity index (χ1v) is 7.71. The number of benzene rings is 1. The minimum atomic E-state index is 0.551. The summed E-state index contributed by atoms with van der Waals surface area (Å²) in [5, 5.41) is 3.46. The number of hydrogen-bond acceptors (Lipinski definition) is 2. The summed E-state index contributed by atoms with van der Waals surface area (Å²) < 4.78 is 0. The van der Waals surface area contributed by atoms with Crippen molar-refractivity contribution in [1.29, 1.82) is 0 Å². The third-order valence-corrected chi connectivity index (χ3v) is 4.09. The maximum atomic E-state index is 3.46. The molecule has 1 aromatic carbocycles. The molecule has 0 saturated carbocycles. The van der Waals surface area contributed by atoms with Crippen LogP contribution in [-0.2, 0) is 13.1 Å². The molecular formula is C17H28N2. The summed E-state index contributed by atoms with van der Waals surface area (Å²) in [4.78, 5) is 2.59. The molecule has 0 spiro atoms. The fourth-order valence-electron chi connectivity index (χ4n) is 2.73. The first kappa shape index (κ1) is 14.5. The zero-order valence-electron chi connectivity index (χ0n) is 12.7. The third kappa shape index (κ3) is 4.63. The van der Waals surface area contributed by atoms with Crippen LogP contribution < -0.4 is 5.32 Å². The summed E-state index contributed by atoms with van der Waals surface area (Å²) in [6, 6.07) is 9.65. The van der Waals surface area contributed by atoms with Gasteiger partial charge < -0.3 is 5.32 Å². The largest absolute Gasteiger partial charge is 0.310 e.